The molecule has 0 fully saturated rings. The normalized spacial score (nSPS) is 10.1. The zero-order valence-electron chi connectivity index (χ0n) is 11.6. The molecule has 0 aliphatic rings. The van der Waals surface area contributed by atoms with Crippen LogP contribution in [0.5, 0.6) is 17.2 Å². The van der Waals surface area contributed by atoms with Crippen LogP contribution in [-0.4, -0.2) is 29.4 Å². The molecule has 0 aliphatic carbocycles. The first-order valence-electron chi connectivity index (χ1n) is 6.45. The van der Waals surface area contributed by atoms with E-state index in [0.717, 1.165) is 11.6 Å². The van der Waals surface area contributed by atoms with Gasteiger partial charge in [0.25, 0.3) is 0 Å². The molecule has 2 aromatic rings. The van der Waals surface area contributed by atoms with Gasteiger partial charge < -0.3 is 19.7 Å². The van der Waals surface area contributed by atoms with Crippen LogP contribution in [0.4, 0.5) is 0 Å². The van der Waals surface area contributed by atoms with E-state index in [1.54, 1.807) is 0 Å². The Morgan fingerprint density at radius 1 is 1.05 bits per heavy atom. The Balaban J connectivity index is 1.80. The largest absolute Gasteiger partial charge is 0.508 e. The minimum Gasteiger partial charge on any atom is -0.508 e. The van der Waals surface area contributed by atoms with E-state index >= 15 is 0 Å². The number of phenols is 2. The van der Waals surface area contributed by atoms with E-state index in [2.05, 4.69) is 0 Å². The molecule has 0 amide bonds. The van der Waals surface area contributed by atoms with Crippen LogP contribution in [-0.2, 0) is 4.74 Å². The average molecular weight is 288 g/mol. The Labute approximate surface area is 122 Å². The summed E-state index contributed by atoms with van der Waals surface area (Å²) in [6, 6.07) is 11.2. The molecule has 0 radical (unpaired) electrons. The molecule has 2 N–H and O–H groups in total. The highest BCUT2D eigenvalue weighted by molar-refractivity contribution is 5.92. The lowest BCUT2D eigenvalue weighted by Gasteiger charge is -2.08. The molecule has 0 aromatic heterocycles. The van der Waals surface area contributed by atoms with Crippen molar-refractivity contribution in [3.63, 3.8) is 0 Å². The van der Waals surface area contributed by atoms with Gasteiger partial charge in [0.2, 0.25) is 0 Å². The lowest BCUT2D eigenvalue weighted by molar-refractivity contribution is 0.0447. The van der Waals surface area contributed by atoms with Crippen molar-refractivity contribution >= 4 is 5.97 Å². The van der Waals surface area contributed by atoms with Crippen LogP contribution in [0.15, 0.2) is 42.5 Å². The van der Waals surface area contributed by atoms with Gasteiger partial charge in [-0.15, -0.1) is 0 Å². The van der Waals surface area contributed by atoms with E-state index in [4.69, 9.17) is 14.6 Å². The lowest BCUT2D eigenvalue weighted by Crippen LogP contribution is -2.12. The summed E-state index contributed by atoms with van der Waals surface area (Å²) in [5.74, 6) is -0.407. The predicted molar refractivity (Wildman–Crippen MR) is 76.7 cm³/mol. The van der Waals surface area contributed by atoms with Crippen LogP contribution >= 0.6 is 0 Å². The molecule has 0 saturated heterocycles. The molecular weight excluding hydrogens is 272 g/mol. The molecular formula is C16H16O5. The Bertz CT molecular complexity index is 619. The third-order valence-electron chi connectivity index (χ3n) is 2.81. The zero-order valence-corrected chi connectivity index (χ0v) is 11.6. The van der Waals surface area contributed by atoms with Crippen LogP contribution in [0.25, 0.3) is 0 Å². The summed E-state index contributed by atoms with van der Waals surface area (Å²) in [4.78, 5) is 11.7. The number of carbonyl (C=O) groups is 1. The highest BCUT2D eigenvalue weighted by atomic mass is 16.6. The van der Waals surface area contributed by atoms with E-state index in [9.17, 15) is 9.90 Å². The first kappa shape index (κ1) is 14.7. The number of esters is 1. The molecule has 110 valence electrons. The minimum atomic E-state index is -0.667. The van der Waals surface area contributed by atoms with Gasteiger partial charge in [-0.1, -0.05) is 17.7 Å². The quantitative estimate of drug-likeness (QED) is 0.653. The number of aromatic hydroxyl groups is 2. The maximum absolute atomic E-state index is 11.7. The van der Waals surface area contributed by atoms with Crippen molar-refractivity contribution in [2.45, 2.75) is 6.92 Å². The monoisotopic (exact) mass is 288 g/mol. The van der Waals surface area contributed by atoms with E-state index in [1.807, 2.05) is 31.2 Å². The molecule has 21 heavy (non-hydrogen) atoms. The number of hydrogen-bond donors (Lipinski definition) is 2. The number of aryl methyl sites for hydroxylation is 1. The van der Waals surface area contributed by atoms with Crippen LogP contribution in [0, 0.1) is 6.92 Å². The van der Waals surface area contributed by atoms with Crippen molar-refractivity contribution in [1.29, 1.82) is 0 Å². The number of carbonyl (C=O) groups excluding carboxylic acids is 1. The van der Waals surface area contributed by atoms with Gasteiger partial charge in [-0.3, -0.25) is 0 Å². The van der Waals surface area contributed by atoms with Gasteiger partial charge in [-0.2, -0.15) is 0 Å². The van der Waals surface area contributed by atoms with Gasteiger partial charge >= 0.3 is 5.97 Å². The Kier molecular flexibility index (Phi) is 4.66. The maximum Gasteiger partial charge on any atom is 0.342 e. The van der Waals surface area contributed by atoms with Crippen molar-refractivity contribution in [1.82, 2.24) is 0 Å². The second-order valence-electron chi connectivity index (χ2n) is 4.50. The summed E-state index contributed by atoms with van der Waals surface area (Å²) < 4.78 is 10.4. The van der Waals surface area contributed by atoms with E-state index < -0.39 is 5.97 Å². The van der Waals surface area contributed by atoms with E-state index in [-0.39, 0.29) is 30.3 Å². The molecule has 5 heteroatoms. The first-order chi connectivity index (χ1) is 10.1. The molecule has 2 aromatic carbocycles. The predicted octanol–water partition coefficient (Wildman–Crippen LogP) is 2.64. The Morgan fingerprint density at radius 2 is 1.76 bits per heavy atom. The number of benzene rings is 2. The van der Waals surface area contributed by atoms with Crippen molar-refractivity contribution < 1.29 is 24.5 Å². The SMILES string of the molecule is Cc1ccc(OCCOC(=O)c2ccc(O)cc2O)cc1. The number of hydrogen-bond acceptors (Lipinski definition) is 5. The smallest absolute Gasteiger partial charge is 0.342 e. The van der Waals surface area contributed by atoms with E-state index in [0.29, 0.717) is 5.75 Å². The average Bonchev–Trinajstić information content (AvgIpc) is 2.45. The van der Waals surface area contributed by atoms with Gasteiger partial charge in [0, 0.05) is 6.07 Å². The third kappa shape index (κ3) is 4.14. The topological polar surface area (TPSA) is 76.0 Å². The summed E-state index contributed by atoms with van der Waals surface area (Å²) in [5.41, 5.74) is 1.14. The molecule has 0 saturated carbocycles. The Morgan fingerprint density at radius 3 is 2.43 bits per heavy atom. The van der Waals surface area contributed by atoms with E-state index in [1.165, 1.54) is 12.1 Å². The maximum atomic E-state index is 11.7. The van der Waals surface area contributed by atoms with Crippen LogP contribution in [0.2, 0.25) is 0 Å². The molecule has 2 rings (SSSR count). The van der Waals surface area contributed by atoms with Gasteiger partial charge in [0.05, 0.1) is 0 Å². The van der Waals surface area contributed by atoms with Crippen LogP contribution in [0.1, 0.15) is 15.9 Å². The van der Waals surface area contributed by atoms with Crippen molar-refractivity contribution in [3.05, 3.63) is 53.6 Å². The van der Waals surface area contributed by atoms with Crippen LogP contribution < -0.4 is 4.74 Å². The number of phenolic OH excluding ortho intramolecular Hbond substituents is 2. The van der Waals surface area contributed by atoms with Crippen molar-refractivity contribution in [3.8, 4) is 17.2 Å². The van der Waals surface area contributed by atoms with Crippen molar-refractivity contribution in [2.75, 3.05) is 13.2 Å². The van der Waals surface area contributed by atoms with Gasteiger partial charge in [-0.05, 0) is 31.2 Å². The summed E-state index contributed by atoms with van der Waals surface area (Å²) in [5, 5.41) is 18.7. The summed E-state index contributed by atoms with van der Waals surface area (Å²) in [6.45, 7) is 2.26. The zero-order chi connectivity index (χ0) is 15.2. The molecule has 0 bridgehead atoms. The molecule has 0 atom stereocenters. The van der Waals surface area contributed by atoms with Gasteiger partial charge in [-0.25, -0.2) is 4.79 Å². The third-order valence-corrected chi connectivity index (χ3v) is 2.81. The highest BCUT2D eigenvalue weighted by Crippen LogP contribution is 2.23. The summed E-state index contributed by atoms with van der Waals surface area (Å²) >= 11 is 0. The molecule has 0 spiro atoms. The highest BCUT2D eigenvalue weighted by Gasteiger charge is 2.12. The fraction of sp³-hybridized carbons (Fsp3) is 0.188. The Hall–Kier alpha value is -2.69. The van der Waals surface area contributed by atoms with Gasteiger partial charge in [0.15, 0.2) is 0 Å². The first-order valence-corrected chi connectivity index (χ1v) is 6.45. The molecule has 0 heterocycles. The van der Waals surface area contributed by atoms with Crippen LogP contribution in [0.3, 0.4) is 0 Å². The number of ether oxygens (including phenoxy) is 2. The van der Waals surface area contributed by atoms with Crippen molar-refractivity contribution in [2.24, 2.45) is 0 Å². The molecule has 0 aliphatic heterocycles. The van der Waals surface area contributed by atoms with Gasteiger partial charge in [0.1, 0.15) is 36.0 Å². The fourth-order valence-corrected chi connectivity index (χ4v) is 1.70. The molecule has 5 nitrogen and oxygen atoms in total. The lowest BCUT2D eigenvalue weighted by atomic mass is 10.2. The second kappa shape index (κ2) is 6.65. The number of rotatable bonds is 5. The standard InChI is InChI=1S/C16H16O5/c1-11-2-5-13(6-3-11)20-8-9-21-16(19)14-7-4-12(17)10-15(14)18/h2-7,10,17-18H,8-9H2,1H3. The fourth-order valence-electron chi connectivity index (χ4n) is 1.70. The molecule has 0 unspecified atom stereocenters. The second-order valence-corrected chi connectivity index (χ2v) is 4.50. The summed E-state index contributed by atoms with van der Waals surface area (Å²) in [7, 11) is 0. The summed E-state index contributed by atoms with van der Waals surface area (Å²) in [6.07, 6.45) is 0. The minimum absolute atomic E-state index is 0.00290.